The summed E-state index contributed by atoms with van der Waals surface area (Å²) in [5.41, 5.74) is 2.75. The fourth-order valence-corrected chi connectivity index (χ4v) is 3.88. The van der Waals surface area contributed by atoms with Gasteiger partial charge in [0, 0.05) is 25.3 Å². The van der Waals surface area contributed by atoms with Crippen LogP contribution in [0.15, 0.2) is 54.9 Å². The maximum Gasteiger partial charge on any atom is 0.321 e. The standard InChI is InChI=1S/C22H26N4O2/c1-2-12-26-16-23-19-15-18(8-9-20(19)26)24-21(27)25-13-10-22(28,11-14-25)17-6-4-3-5-7-17/h3-9,15-16,28H,2,10-14H2,1H3,(H,24,27). The van der Waals surface area contributed by atoms with E-state index in [0.717, 1.165) is 35.2 Å². The van der Waals surface area contributed by atoms with Crippen LogP contribution in [0.3, 0.4) is 0 Å². The summed E-state index contributed by atoms with van der Waals surface area (Å²) in [5, 5.41) is 13.9. The summed E-state index contributed by atoms with van der Waals surface area (Å²) in [5.74, 6) is 0. The van der Waals surface area contributed by atoms with Crippen molar-refractivity contribution in [3.8, 4) is 0 Å². The van der Waals surface area contributed by atoms with Crippen LogP contribution in [0, 0.1) is 0 Å². The molecule has 0 atom stereocenters. The Bertz CT molecular complexity index is 959. The van der Waals surface area contributed by atoms with Crippen molar-refractivity contribution in [2.45, 2.75) is 38.3 Å². The molecule has 146 valence electrons. The van der Waals surface area contributed by atoms with Gasteiger partial charge in [-0.25, -0.2) is 9.78 Å². The van der Waals surface area contributed by atoms with Crippen molar-refractivity contribution in [2.75, 3.05) is 18.4 Å². The summed E-state index contributed by atoms with van der Waals surface area (Å²) in [6.07, 6.45) is 3.96. The number of aliphatic hydroxyl groups is 1. The largest absolute Gasteiger partial charge is 0.385 e. The van der Waals surface area contributed by atoms with Crippen LogP contribution in [-0.4, -0.2) is 38.7 Å². The molecule has 0 unspecified atom stereocenters. The van der Waals surface area contributed by atoms with Gasteiger partial charge < -0.3 is 19.9 Å². The molecule has 2 heterocycles. The van der Waals surface area contributed by atoms with E-state index in [4.69, 9.17) is 0 Å². The summed E-state index contributed by atoms with van der Waals surface area (Å²) in [6, 6.07) is 15.4. The Morgan fingerprint density at radius 2 is 1.93 bits per heavy atom. The van der Waals surface area contributed by atoms with E-state index in [-0.39, 0.29) is 6.03 Å². The average Bonchev–Trinajstić information content (AvgIpc) is 3.11. The lowest BCUT2D eigenvalue weighted by molar-refractivity contribution is -0.0156. The van der Waals surface area contributed by atoms with Gasteiger partial charge in [-0.3, -0.25) is 0 Å². The third-order valence-electron chi connectivity index (χ3n) is 5.53. The van der Waals surface area contributed by atoms with Crippen molar-refractivity contribution in [1.29, 1.82) is 0 Å². The van der Waals surface area contributed by atoms with Gasteiger partial charge >= 0.3 is 6.03 Å². The molecule has 6 nitrogen and oxygen atoms in total. The molecule has 6 heteroatoms. The number of aromatic nitrogens is 2. The second kappa shape index (κ2) is 7.64. The van der Waals surface area contributed by atoms with E-state index in [2.05, 4.69) is 21.8 Å². The molecular formula is C22H26N4O2. The molecule has 4 rings (SSSR count). The Balaban J connectivity index is 1.40. The number of hydrogen-bond acceptors (Lipinski definition) is 3. The predicted molar refractivity (Wildman–Crippen MR) is 110 cm³/mol. The molecule has 0 spiro atoms. The highest BCUT2D eigenvalue weighted by atomic mass is 16.3. The molecule has 28 heavy (non-hydrogen) atoms. The van der Waals surface area contributed by atoms with Crippen LogP contribution < -0.4 is 5.32 Å². The number of hydrogen-bond donors (Lipinski definition) is 2. The number of urea groups is 1. The number of imidazole rings is 1. The first-order valence-electron chi connectivity index (χ1n) is 9.88. The lowest BCUT2D eigenvalue weighted by Gasteiger charge is -2.38. The molecule has 0 radical (unpaired) electrons. The molecule has 0 aliphatic carbocycles. The molecular weight excluding hydrogens is 352 g/mol. The zero-order chi connectivity index (χ0) is 19.6. The van der Waals surface area contributed by atoms with Gasteiger partial charge in [-0.2, -0.15) is 0 Å². The number of likely N-dealkylation sites (tertiary alicyclic amines) is 1. The summed E-state index contributed by atoms with van der Waals surface area (Å²) in [7, 11) is 0. The van der Waals surface area contributed by atoms with E-state index >= 15 is 0 Å². The monoisotopic (exact) mass is 378 g/mol. The Kier molecular flexibility index (Phi) is 5.05. The molecule has 2 N–H and O–H groups in total. The number of carbonyl (C=O) groups excluding carboxylic acids is 1. The number of benzene rings is 2. The highest BCUT2D eigenvalue weighted by molar-refractivity contribution is 5.92. The average molecular weight is 378 g/mol. The quantitative estimate of drug-likeness (QED) is 0.722. The lowest BCUT2D eigenvalue weighted by Crippen LogP contribution is -2.46. The number of nitrogens with zero attached hydrogens (tertiary/aromatic N) is 3. The number of nitrogens with one attached hydrogen (secondary N) is 1. The van der Waals surface area contributed by atoms with Crippen molar-refractivity contribution >= 4 is 22.8 Å². The van der Waals surface area contributed by atoms with Gasteiger partial charge in [-0.15, -0.1) is 0 Å². The molecule has 1 saturated heterocycles. The highest BCUT2D eigenvalue weighted by Crippen LogP contribution is 2.32. The summed E-state index contributed by atoms with van der Waals surface area (Å²) in [6.45, 7) is 4.10. The third kappa shape index (κ3) is 3.60. The van der Waals surface area contributed by atoms with Crippen LogP contribution in [-0.2, 0) is 12.1 Å². The van der Waals surface area contributed by atoms with Crippen LogP contribution >= 0.6 is 0 Å². The van der Waals surface area contributed by atoms with Crippen molar-refractivity contribution in [3.05, 3.63) is 60.4 Å². The fourth-order valence-electron chi connectivity index (χ4n) is 3.88. The van der Waals surface area contributed by atoms with Crippen molar-refractivity contribution in [1.82, 2.24) is 14.5 Å². The molecule has 0 saturated carbocycles. The number of aryl methyl sites for hydroxylation is 1. The smallest absolute Gasteiger partial charge is 0.321 e. The molecule has 1 aromatic heterocycles. The van der Waals surface area contributed by atoms with E-state index in [0.29, 0.717) is 25.9 Å². The first-order chi connectivity index (χ1) is 13.6. The minimum absolute atomic E-state index is 0.137. The second-order valence-corrected chi connectivity index (χ2v) is 7.46. The van der Waals surface area contributed by atoms with Crippen LogP contribution in [0.25, 0.3) is 11.0 Å². The second-order valence-electron chi connectivity index (χ2n) is 7.46. The topological polar surface area (TPSA) is 70.4 Å². The number of rotatable bonds is 4. The Hall–Kier alpha value is -2.86. The molecule has 1 aliphatic heterocycles. The van der Waals surface area contributed by atoms with Crippen LogP contribution in [0.5, 0.6) is 0 Å². The molecule has 1 fully saturated rings. The molecule has 1 aliphatic rings. The van der Waals surface area contributed by atoms with E-state index < -0.39 is 5.60 Å². The van der Waals surface area contributed by atoms with Gasteiger partial charge in [0.15, 0.2) is 0 Å². The molecule has 0 bridgehead atoms. The first-order valence-corrected chi connectivity index (χ1v) is 9.88. The summed E-state index contributed by atoms with van der Waals surface area (Å²) >= 11 is 0. The lowest BCUT2D eigenvalue weighted by atomic mass is 9.84. The predicted octanol–water partition coefficient (Wildman–Crippen LogP) is 3.96. The SMILES string of the molecule is CCCn1cnc2cc(NC(=O)N3CCC(O)(c4ccccc4)CC3)ccc21. The van der Waals surface area contributed by atoms with Gasteiger partial charge in [-0.1, -0.05) is 37.3 Å². The first kappa shape index (κ1) is 18.5. The van der Waals surface area contributed by atoms with E-state index in [1.165, 1.54) is 0 Å². The minimum Gasteiger partial charge on any atom is -0.385 e. The van der Waals surface area contributed by atoms with Gasteiger partial charge in [-0.05, 0) is 43.0 Å². The summed E-state index contributed by atoms with van der Waals surface area (Å²) < 4.78 is 2.12. The molecule has 3 aromatic rings. The maximum absolute atomic E-state index is 12.7. The third-order valence-corrected chi connectivity index (χ3v) is 5.53. The Morgan fingerprint density at radius 1 is 1.18 bits per heavy atom. The van der Waals surface area contributed by atoms with Gasteiger partial charge in [0.1, 0.15) is 0 Å². The van der Waals surface area contributed by atoms with Crippen LogP contribution in [0.2, 0.25) is 0 Å². The summed E-state index contributed by atoms with van der Waals surface area (Å²) in [4.78, 5) is 18.9. The number of piperidine rings is 1. The Morgan fingerprint density at radius 3 is 2.64 bits per heavy atom. The molecule has 2 aromatic carbocycles. The van der Waals surface area contributed by atoms with Crippen molar-refractivity contribution < 1.29 is 9.90 Å². The highest BCUT2D eigenvalue weighted by Gasteiger charge is 2.35. The van der Waals surface area contributed by atoms with E-state index in [9.17, 15) is 9.90 Å². The minimum atomic E-state index is -0.858. The van der Waals surface area contributed by atoms with Gasteiger partial charge in [0.2, 0.25) is 0 Å². The number of carbonyl (C=O) groups is 1. The van der Waals surface area contributed by atoms with E-state index in [1.807, 2.05) is 54.9 Å². The van der Waals surface area contributed by atoms with Crippen molar-refractivity contribution in [2.24, 2.45) is 0 Å². The van der Waals surface area contributed by atoms with Gasteiger partial charge in [0.05, 0.1) is 23.0 Å². The van der Waals surface area contributed by atoms with Gasteiger partial charge in [0.25, 0.3) is 0 Å². The normalized spacial score (nSPS) is 16.3. The zero-order valence-corrected chi connectivity index (χ0v) is 16.1. The number of fused-ring (bicyclic) bond motifs is 1. The van der Waals surface area contributed by atoms with E-state index in [1.54, 1.807) is 4.90 Å². The maximum atomic E-state index is 12.7. The van der Waals surface area contributed by atoms with Crippen LogP contribution in [0.1, 0.15) is 31.7 Å². The molecule has 2 amide bonds. The van der Waals surface area contributed by atoms with Crippen molar-refractivity contribution in [3.63, 3.8) is 0 Å². The number of amides is 2. The number of anilines is 1. The Labute approximate surface area is 164 Å². The zero-order valence-electron chi connectivity index (χ0n) is 16.1. The van der Waals surface area contributed by atoms with Crippen LogP contribution in [0.4, 0.5) is 10.5 Å². The fraction of sp³-hybridized carbons (Fsp3) is 0.364.